The molecule has 94 valence electrons. The van der Waals surface area contributed by atoms with Crippen LogP contribution in [0.4, 0.5) is 0 Å². The molecule has 3 atom stereocenters. The van der Waals surface area contributed by atoms with Gasteiger partial charge in [0.25, 0.3) is 0 Å². The van der Waals surface area contributed by atoms with Crippen molar-refractivity contribution >= 4 is 17.7 Å². The Balaban J connectivity index is 2.28. The zero-order valence-corrected chi connectivity index (χ0v) is 11.1. The number of hydrogen-bond donors (Lipinski definition) is 2. The molecule has 3 nitrogen and oxygen atoms in total. The number of carbonyl (C=O) groups is 1. The summed E-state index contributed by atoms with van der Waals surface area (Å²) >= 11 is 1.93. The van der Waals surface area contributed by atoms with Crippen molar-refractivity contribution in [2.24, 2.45) is 5.92 Å². The molecule has 2 N–H and O–H groups in total. The fourth-order valence-corrected chi connectivity index (χ4v) is 3.00. The van der Waals surface area contributed by atoms with E-state index < -0.39 is 5.97 Å². The lowest BCUT2D eigenvalue weighted by atomic mass is 9.85. The lowest BCUT2D eigenvalue weighted by Crippen LogP contribution is -2.42. The van der Waals surface area contributed by atoms with Gasteiger partial charge in [0.2, 0.25) is 0 Å². The molecule has 0 radical (unpaired) electrons. The van der Waals surface area contributed by atoms with Crippen LogP contribution in [0.15, 0.2) is 0 Å². The van der Waals surface area contributed by atoms with Gasteiger partial charge in [-0.15, -0.1) is 0 Å². The molecule has 1 aliphatic rings. The Morgan fingerprint density at radius 1 is 1.56 bits per heavy atom. The predicted octanol–water partition coefficient (Wildman–Crippen LogP) is 2.36. The fraction of sp³-hybridized carbons (Fsp3) is 0.917. The van der Waals surface area contributed by atoms with Crippen LogP contribution in [-0.2, 0) is 4.79 Å². The number of thioether (sulfide) groups is 1. The van der Waals surface area contributed by atoms with Gasteiger partial charge in [0.05, 0.1) is 5.92 Å². The van der Waals surface area contributed by atoms with E-state index in [0.29, 0.717) is 12.1 Å². The zero-order valence-electron chi connectivity index (χ0n) is 10.2. The minimum atomic E-state index is -0.623. The number of nitrogens with one attached hydrogen (secondary N) is 1. The van der Waals surface area contributed by atoms with Gasteiger partial charge < -0.3 is 10.4 Å². The number of hydrogen-bond acceptors (Lipinski definition) is 3. The molecule has 0 amide bonds. The molecule has 16 heavy (non-hydrogen) atoms. The highest BCUT2D eigenvalue weighted by Crippen LogP contribution is 2.24. The van der Waals surface area contributed by atoms with E-state index in [9.17, 15) is 4.79 Å². The first kappa shape index (κ1) is 13.8. The van der Waals surface area contributed by atoms with Crippen LogP contribution >= 0.6 is 11.8 Å². The lowest BCUT2D eigenvalue weighted by molar-refractivity contribution is -0.143. The van der Waals surface area contributed by atoms with Gasteiger partial charge in [0, 0.05) is 17.8 Å². The number of carboxylic acids is 1. The average molecular weight is 245 g/mol. The van der Waals surface area contributed by atoms with Gasteiger partial charge in [-0.05, 0) is 31.9 Å². The second-order valence-electron chi connectivity index (χ2n) is 4.63. The van der Waals surface area contributed by atoms with E-state index in [1.165, 1.54) is 0 Å². The summed E-state index contributed by atoms with van der Waals surface area (Å²) < 4.78 is 0. The Bertz CT molecular complexity index is 223. The third-order valence-electron chi connectivity index (χ3n) is 3.12. The first-order chi connectivity index (χ1) is 7.63. The zero-order chi connectivity index (χ0) is 12.0. The van der Waals surface area contributed by atoms with E-state index in [2.05, 4.69) is 19.2 Å². The van der Waals surface area contributed by atoms with Crippen molar-refractivity contribution in [2.75, 3.05) is 11.5 Å². The average Bonchev–Trinajstić information content (AvgIpc) is 2.26. The molecule has 1 rings (SSSR count). The molecule has 0 bridgehead atoms. The van der Waals surface area contributed by atoms with Crippen LogP contribution in [-0.4, -0.2) is 34.7 Å². The molecule has 0 aliphatic heterocycles. The van der Waals surface area contributed by atoms with Gasteiger partial charge in [-0.2, -0.15) is 11.8 Å². The van der Waals surface area contributed by atoms with Gasteiger partial charge >= 0.3 is 5.97 Å². The first-order valence-corrected chi connectivity index (χ1v) is 7.35. The quantitative estimate of drug-likeness (QED) is 0.754. The number of rotatable bonds is 6. The summed E-state index contributed by atoms with van der Waals surface area (Å²) in [5.74, 6) is 1.51. The molecule has 1 aliphatic carbocycles. The van der Waals surface area contributed by atoms with Crippen molar-refractivity contribution in [3.8, 4) is 0 Å². The summed E-state index contributed by atoms with van der Waals surface area (Å²) in [6.45, 7) is 4.35. The minimum Gasteiger partial charge on any atom is -0.481 e. The molecule has 0 saturated heterocycles. The van der Waals surface area contributed by atoms with Crippen LogP contribution < -0.4 is 5.32 Å². The second kappa shape index (κ2) is 7.17. The standard InChI is InChI=1S/C12H23NO2S/c1-3-16-8-9(2)13-11-6-4-5-10(7-11)12(14)15/h9-11,13H,3-8H2,1-2H3,(H,14,15). The number of aliphatic carboxylic acids is 1. The highest BCUT2D eigenvalue weighted by atomic mass is 32.2. The topological polar surface area (TPSA) is 49.3 Å². The molecule has 4 heteroatoms. The lowest BCUT2D eigenvalue weighted by Gasteiger charge is -2.30. The molecule has 0 spiro atoms. The second-order valence-corrected chi connectivity index (χ2v) is 5.94. The summed E-state index contributed by atoms with van der Waals surface area (Å²) in [7, 11) is 0. The minimum absolute atomic E-state index is 0.128. The molecular formula is C12H23NO2S. The molecule has 0 aromatic heterocycles. The summed E-state index contributed by atoms with van der Waals surface area (Å²) in [5, 5.41) is 12.6. The highest BCUT2D eigenvalue weighted by molar-refractivity contribution is 7.99. The van der Waals surface area contributed by atoms with Crippen LogP contribution in [0.25, 0.3) is 0 Å². The Hall–Kier alpha value is -0.220. The maximum absolute atomic E-state index is 10.9. The molecule has 3 unspecified atom stereocenters. The summed E-state index contributed by atoms with van der Waals surface area (Å²) in [6.07, 6.45) is 3.83. The summed E-state index contributed by atoms with van der Waals surface area (Å²) in [4.78, 5) is 10.9. The Morgan fingerprint density at radius 3 is 2.94 bits per heavy atom. The van der Waals surface area contributed by atoms with Crippen molar-refractivity contribution in [3.63, 3.8) is 0 Å². The first-order valence-electron chi connectivity index (χ1n) is 6.20. The molecule has 0 heterocycles. The monoisotopic (exact) mass is 245 g/mol. The van der Waals surface area contributed by atoms with Gasteiger partial charge in [0.15, 0.2) is 0 Å². The molecule has 1 saturated carbocycles. The van der Waals surface area contributed by atoms with E-state index in [-0.39, 0.29) is 5.92 Å². The van der Waals surface area contributed by atoms with Crippen molar-refractivity contribution in [1.82, 2.24) is 5.32 Å². The number of carboxylic acid groups (broad SMARTS) is 1. The van der Waals surface area contributed by atoms with Gasteiger partial charge in [-0.25, -0.2) is 0 Å². The third-order valence-corrected chi connectivity index (χ3v) is 4.26. The van der Waals surface area contributed by atoms with Crippen LogP contribution in [0.5, 0.6) is 0 Å². The Morgan fingerprint density at radius 2 is 2.31 bits per heavy atom. The van der Waals surface area contributed by atoms with E-state index in [1.807, 2.05) is 11.8 Å². The Labute approximate surface area is 102 Å². The largest absolute Gasteiger partial charge is 0.481 e. The van der Waals surface area contributed by atoms with Crippen molar-refractivity contribution in [1.29, 1.82) is 0 Å². The molecule has 0 aromatic rings. The van der Waals surface area contributed by atoms with Crippen molar-refractivity contribution in [3.05, 3.63) is 0 Å². The van der Waals surface area contributed by atoms with E-state index >= 15 is 0 Å². The van der Waals surface area contributed by atoms with Crippen molar-refractivity contribution in [2.45, 2.75) is 51.6 Å². The van der Waals surface area contributed by atoms with Crippen LogP contribution in [0.1, 0.15) is 39.5 Å². The summed E-state index contributed by atoms with van der Waals surface area (Å²) in [6, 6.07) is 0.893. The maximum atomic E-state index is 10.9. The van der Waals surface area contributed by atoms with Crippen LogP contribution in [0.3, 0.4) is 0 Å². The van der Waals surface area contributed by atoms with Crippen LogP contribution in [0, 0.1) is 5.92 Å². The maximum Gasteiger partial charge on any atom is 0.306 e. The molecular weight excluding hydrogens is 222 g/mol. The SMILES string of the molecule is CCSCC(C)NC1CCCC(C(=O)O)C1. The Kier molecular flexibility index (Phi) is 6.21. The van der Waals surface area contributed by atoms with Gasteiger partial charge in [0.1, 0.15) is 0 Å². The van der Waals surface area contributed by atoms with E-state index in [4.69, 9.17) is 5.11 Å². The normalized spacial score (nSPS) is 27.6. The fourth-order valence-electron chi connectivity index (χ4n) is 2.31. The van der Waals surface area contributed by atoms with Crippen molar-refractivity contribution < 1.29 is 9.90 Å². The van der Waals surface area contributed by atoms with Crippen LogP contribution in [0.2, 0.25) is 0 Å². The third kappa shape index (κ3) is 4.74. The van der Waals surface area contributed by atoms with E-state index in [0.717, 1.165) is 37.2 Å². The molecule has 0 aromatic carbocycles. The van der Waals surface area contributed by atoms with Gasteiger partial charge in [-0.1, -0.05) is 13.3 Å². The van der Waals surface area contributed by atoms with Gasteiger partial charge in [-0.3, -0.25) is 4.79 Å². The summed E-state index contributed by atoms with van der Waals surface area (Å²) in [5.41, 5.74) is 0. The predicted molar refractivity (Wildman–Crippen MR) is 69.0 cm³/mol. The molecule has 1 fully saturated rings. The smallest absolute Gasteiger partial charge is 0.306 e. The highest BCUT2D eigenvalue weighted by Gasteiger charge is 2.27. The van der Waals surface area contributed by atoms with E-state index in [1.54, 1.807) is 0 Å².